The third-order valence-electron chi connectivity index (χ3n) is 3.66. The van der Waals surface area contributed by atoms with Gasteiger partial charge in [-0.15, -0.1) is 0 Å². The molecule has 3 aromatic rings. The Morgan fingerprint density at radius 3 is 2.95 bits per heavy atom. The van der Waals surface area contributed by atoms with Gasteiger partial charge in [-0.3, -0.25) is 0 Å². The van der Waals surface area contributed by atoms with Crippen molar-refractivity contribution in [1.29, 1.82) is 0 Å². The van der Waals surface area contributed by atoms with Crippen LogP contribution in [0.1, 0.15) is 18.5 Å². The number of nitrogens with one attached hydrogen (secondary N) is 1. The predicted octanol–water partition coefficient (Wildman–Crippen LogP) is 1.48. The SMILES string of the molecule is Nc1nccc(-c2c[nH]c3cnc(C#CC4(O)CC4)cc23)n1. The fraction of sp³-hybridized carbons (Fsp3) is 0.188. The molecule has 1 aliphatic carbocycles. The Kier molecular flexibility index (Phi) is 2.65. The van der Waals surface area contributed by atoms with Crippen LogP contribution < -0.4 is 5.73 Å². The van der Waals surface area contributed by atoms with Crippen LogP contribution in [0.3, 0.4) is 0 Å². The lowest BCUT2D eigenvalue weighted by molar-refractivity contribution is 0.212. The Morgan fingerprint density at radius 2 is 2.18 bits per heavy atom. The van der Waals surface area contributed by atoms with Crippen molar-refractivity contribution in [3.63, 3.8) is 0 Å². The number of H-pyrrole nitrogens is 1. The van der Waals surface area contributed by atoms with Crippen LogP contribution in [-0.2, 0) is 0 Å². The quantitative estimate of drug-likeness (QED) is 0.590. The van der Waals surface area contributed by atoms with E-state index in [4.69, 9.17) is 5.73 Å². The predicted molar refractivity (Wildman–Crippen MR) is 82.6 cm³/mol. The Morgan fingerprint density at radius 1 is 1.32 bits per heavy atom. The van der Waals surface area contributed by atoms with E-state index in [9.17, 15) is 5.11 Å². The number of nitrogens with zero attached hydrogens (tertiary/aromatic N) is 3. The number of aromatic amines is 1. The van der Waals surface area contributed by atoms with Crippen molar-refractivity contribution in [3.05, 3.63) is 36.4 Å². The van der Waals surface area contributed by atoms with Crippen LogP contribution in [0.2, 0.25) is 0 Å². The molecule has 22 heavy (non-hydrogen) atoms. The molecule has 0 atom stereocenters. The average Bonchev–Trinajstić information content (AvgIpc) is 3.11. The molecular weight excluding hydrogens is 278 g/mol. The van der Waals surface area contributed by atoms with E-state index >= 15 is 0 Å². The van der Waals surface area contributed by atoms with Gasteiger partial charge in [0.2, 0.25) is 5.95 Å². The Balaban J connectivity index is 1.81. The molecular formula is C16H13N5O. The highest BCUT2D eigenvalue weighted by molar-refractivity contribution is 5.94. The van der Waals surface area contributed by atoms with Crippen LogP contribution in [-0.4, -0.2) is 30.6 Å². The summed E-state index contributed by atoms with van der Waals surface area (Å²) in [5, 5.41) is 10.7. The van der Waals surface area contributed by atoms with Gasteiger partial charge >= 0.3 is 0 Å². The molecule has 0 amide bonds. The molecule has 0 spiro atoms. The molecule has 0 bridgehead atoms. The van der Waals surface area contributed by atoms with Crippen molar-refractivity contribution in [2.45, 2.75) is 18.4 Å². The van der Waals surface area contributed by atoms with Crippen molar-refractivity contribution in [2.75, 3.05) is 5.73 Å². The second kappa shape index (κ2) is 4.55. The van der Waals surface area contributed by atoms with E-state index in [2.05, 4.69) is 31.8 Å². The van der Waals surface area contributed by atoms with E-state index in [-0.39, 0.29) is 5.95 Å². The van der Waals surface area contributed by atoms with E-state index in [1.807, 2.05) is 12.3 Å². The highest BCUT2D eigenvalue weighted by Crippen LogP contribution is 2.34. The maximum absolute atomic E-state index is 9.79. The van der Waals surface area contributed by atoms with Crippen LogP contribution in [0.15, 0.2) is 30.7 Å². The van der Waals surface area contributed by atoms with E-state index in [0.717, 1.165) is 35.0 Å². The molecule has 0 aromatic carbocycles. The van der Waals surface area contributed by atoms with Gasteiger partial charge < -0.3 is 15.8 Å². The van der Waals surface area contributed by atoms with Crippen LogP contribution in [0.5, 0.6) is 0 Å². The van der Waals surface area contributed by atoms with Crippen molar-refractivity contribution in [2.24, 2.45) is 0 Å². The van der Waals surface area contributed by atoms with Gasteiger partial charge in [-0.2, -0.15) is 0 Å². The number of aromatic nitrogens is 4. The Labute approximate surface area is 126 Å². The number of hydrogen-bond donors (Lipinski definition) is 3. The Bertz CT molecular complexity index is 930. The van der Waals surface area contributed by atoms with Gasteiger partial charge in [0.05, 0.1) is 17.4 Å². The lowest BCUT2D eigenvalue weighted by Crippen LogP contribution is -2.00. The first kappa shape index (κ1) is 12.8. The number of nitrogens with two attached hydrogens (primary N) is 1. The first-order chi connectivity index (χ1) is 10.6. The van der Waals surface area contributed by atoms with Gasteiger partial charge in [0.15, 0.2) is 0 Å². The second-order valence-electron chi connectivity index (χ2n) is 5.40. The number of fused-ring (bicyclic) bond motifs is 1. The number of pyridine rings is 1. The molecule has 1 aliphatic rings. The molecule has 0 saturated heterocycles. The molecule has 1 saturated carbocycles. The molecule has 6 heteroatoms. The zero-order chi connectivity index (χ0) is 15.2. The van der Waals surface area contributed by atoms with E-state index in [1.54, 1.807) is 18.5 Å². The van der Waals surface area contributed by atoms with Gasteiger partial charge in [-0.05, 0) is 30.9 Å². The normalized spacial score (nSPS) is 15.3. The molecule has 108 valence electrons. The molecule has 3 aromatic heterocycles. The molecule has 0 aliphatic heterocycles. The summed E-state index contributed by atoms with van der Waals surface area (Å²) in [4.78, 5) is 15.6. The second-order valence-corrected chi connectivity index (χ2v) is 5.40. The van der Waals surface area contributed by atoms with Gasteiger partial charge in [-0.1, -0.05) is 5.92 Å². The van der Waals surface area contributed by atoms with Gasteiger partial charge in [-0.25, -0.2) is 15.0 Å². The maximum Gasteiger partial charge on any atom is 0.220 e. The minimum Gasteiger partial charge on any atom is -0.378 e. The summed E-state index contributed by atoms with van der Waals surface area (Å²) < 4.78 is 0. The Hall–Kier alpha value is -2.91. The van der Waals surface area contributed by atoms with Crippen molar-refractivity contribution >= 4 is 16.9 Å². The topological polar surface area (TPSA) is 101 Å². The maximum atomic E-state index is 9.79. The molecule has 4 rings (SSSR count). The molecule has 1 fully saturated rings. The zero-order valence-corrected chi connectivity index (χ0v) is 11.7. The molecule has 0 radical (unpaired) electrons. The van der Waals surface area contributed by atoms with Crippen LogP contribution in [0.25, 0.3) is 22.2 Å². The summed E-state index contributed by atoms with van der Waals surface area (Å²) in [6.45, 7) is 0. The first-order valence-electron chi connectivity index (χ1n) is 6.95. The minimum atomic E-state index is -0.807. The number of rotatable bonds is 1. The van der Waals surface area contributed by atoms with Crippen molar-refractivity contribution in [3.8, 4) is 23.1 Å². The summed E-state index contributed by atoms with van der Waals surface area (Å²) in [6.07, 6.45) is 6.68. The van der Waals surface area contributed by atoms with E-state index < -0.39 is 5.60 Å². The summed E-state index contributed by atoms with van der Waals surface area (Å²) in [6, 6.07) is 3.69. The number of aliphatic hydroxyl groups is 1. The zero-order valence-electron chi connectivity index (χ0n) is 11.7. The lowest BCUT2D eigenvalue weighted by Gasteiger charge is -2.00. The molecule has 6 nitrogen and oxygen atoms in total. The number of anilines is 1. The fourth-order valence-corrected chi connectivity index (χ4v) is 2.25. The number of hydrogen-bond acceptors (Lipinski definition) is 5. The lowest BCUT2D eigenvalue weighted by atomic mass is 10.1. The van der Waals surface area contributed by atoms with Gasteiger partial charge in [0, 0.05) is 23.3 Å². The monoisotopic (exact) mass is 291 g/mol. The average molecular weight is 291 g/mol. The number of nitrogen functional groups attached to an aromatic ring is 1. The van der Waals surface area contributed by atoms with Crippen LogP contribution in [0, 0.1) is 11.8 Å². The molecule has 3 heterocycles. The summed E-state index contributed by atoms with van der Waals surface area (Å²) in [5.74, 6) is 6.03. The standard InChI is InChI=1S/C16H13N5O/c17-15-18-6-2-13(21-15)12-8-20-14-9-19-10(7-11(12)14)1-3-16(22)4-5-16/h2,6-9,20,22H,4-5H2,(H2,17,18,21). The first-order valence-corrected chi connectivity index (χ1v) is 6.95. The van der Waals surface area contributed by atoms with Gasteiger partial charge in [0.25, 0.3) is 0 Å². The largest absolute Gasteiger partial charge is 0.378 e. The van der Waals surface area contributed by atoms with E-state index in [0.29, 0.717) is 5.69 Å². The summed E-state index contributed by atoms with van der Waals surface area (Å²) in [5.41, 5.74) is 8.01. The highest BCUT2D eigenvalue weighted by Gasteiger charge is 2.38. The summed E-state index contributed by atoms with van der Waals surface area (Å²) in [7, 11) is 0. The van der Waals surface area contributed by atoms with Crippen molar-refractivity contribution < 1.29 is 5.11 Å². The molecule has 4 N–H and O–H groups in total. The third-order valence-corrected chi connectivity index (χ3v) is 3.66. The fourth-order valence-electron chi connectivity index (χ4n) is 2.25. The van der Waals surface area contributed by atoms with Crippen molar-refractivity contribution in [1.82, 2.24) is 19.9 Å². The summed E-state index contributed by atoms with van der Waals surface area (Å²) >= 11 is 0. The van der Waals surface area contributed by atoms with Crippen LogP contribution >= 0.6 is 0 Å². The minimum absolute atomic E-state index is 0.233. The molecule has 0 unspecified atom stereocenters. The third kappa shape index (κ3) is 2.28. The smallest absolute Gasteiger partial charge is 0.220 e. The highest BCUT2D eigenvalue weighted by atomic mass is 16.3. The van der Waals surface area contributed by atoms with E-state index in [1.165, 1.54) is 0 Å². The van der Waals surface area contributed by atoms with Gasteiger partial charge in [0.1, 0.15) is 11.3 Å². The van der Waals surface area contributed by atoms with Crippen LogP contribution in [0.4, 0.5) is 5.95 Å².